The Kier molecular flexibility index (Phi) is 4.33. The second-order valence-electron chi connectivity index (χ2n) is 6.08. The smallest absolute Gasteiger partial charge is 0.264 e. The zero-order chi connectivity index (χ0) is 18.8. The van der Waals surface area contributed by atoms with Crippen LogP contribution < -0.4 is 10.1 Å². The van der Waals surface area contributed by atoms with Gasteiger partial charge in [-0.1, -0.05) is 24.3 Å². The summed E-state index contributed by atoms with van der Waals surface area (Å²) in [4.78, 5) is 12.7. The lowest BCUT2D eigenvalue weighted by molar-refractivity contribution is -0.116. The van der Waals surface area contributed by atoms with E-state index >= 15 is 0 Å². The van der Waals surface area contributed by atoms with Gasteiger partial charge >= 0.3 is 0 Å². The topological polar surface area (TPSA) is 82.2 Å². The normalized spacial score (nSPS) is 10.9. The summed E-state index contributed by atoms with van der Waals surface area (Å²) in [6.45, 7) is 1.85. The molecule has 0 atom stereocenters. The van der Waals surface area contributed by atoms with E-state index in [4.69, 9.17) is 9.15 Å². The number of nitrogens with zero attached hydrogens (tertiary/aromatic N) is 3. The molecule has 0 aliphatic rings. The standard InChI is InChI=1S/C20H18N4O3/c1-13-22-23-20(27-13)18-10-14-6-3-4-9-17(14)24(18)12-19(25)21-15-7-5-8-16(11-15)26-2/h3-11H,12H2,1-2H3,(H,21,25). The van der Waals surface area contributed by atoms with Gasteiger partial charge in [-0.05, 0) is 24.3 Å². The first kappa shape index (κ1) is 16.8. The third kappa shape index (κ3) is 3.39. The maximum atomic E-state index is 12.7. The van der Waals surface area contributed by atoms with Crippen LogP contribution in [0.25, 0.3) is 22.5 Å². The molecule has 0 saturated heterocycles. The molecule has 0 spiro atoms. The first-order valence-corrected chi connectivity index (χ1v) is 8.47. The number of benzene rings is 2. The predicted molar refractivity (Wildman–Crippen MR) is 102 cm³/mol. The molecule has 2 heterocycles. The molecule has 0 aliphatic carbocycles. The van der Waals surface area contributed by atoms with Crippen LogP contribution in [0.4, 0.5) is 5.69 Å². The number of fused-ring (bicyclic) bond motifs is 1. The van der Waals surface area contributed by atoms with Crippen molar-refractivity contribution in [2.24, 2.45) is 0 Å². The number of amides is 1. The van der Waals surface area contributed by atoms with Crippen molar-refractivity contribution in [3.63, 3.8) is 0 Å². The van der Waals surface area contributed by atoms with Gasteiger partial charge in [0.1, 0.15) is 18.0 Å². The second-order valence-corrected chi connectivity index (χ2v) is 6.08. The molecular formula is C20H18N4O3. The Balaban J connectivity index is 1.67. The maximum Gasteiger partial charge on any atom is 0.264 e. The summed E-state index contributed by atoms with van der Waals surface area (Å²) in [5.74, 6) is 1.38. The number of carbonyl (C=O) groups excluding carboxylic acids is 1. The molecule has 7 nitrogen and oxygen atoms in total. The highest BCUT2D eigenvalue weighted by Gasteiger charge is 2.17. The van der Waals surface area contributed by atoms with Crippen LogP contribution in [0.5, 0.6) is 5.75 Å². The molecular weight excluding hydrogens is 344 g/mol. The average molecular weight is 362 g/mol. The summed E-state index contributed by atoms with van der Waals surface area (Å²) in [5.41, 5.74) is 2.30. The van der Waals surface area contributed by atoms with Crippen LogP contribution in [0.2, 0.25) is 0 Å². The number of anilines is 1. The molecule has 2 aromatic carbocycles. The van der Waals surface area contributed by atoms with Crippen LogP contribution in [0.1, 0.15) is 5.89 Å². The van der Waals surface area contributed by atoms with Gasteiger partial charge in [0.2, 0.25) is 11.8 Å². The molecule has 2 aromatic heterocycles. The monoisotopic (exact) mass is 362 g/mol. The number of aromatic nitrogens is 3. The van der Waals surface area contributed by atoms with Crippen LogP contribution in [0, 0.1) is 6.92 Å². The van der Waals surface area contributed by atoms with Crippen LogP contribution in [-0.4, -0.2) is 27.8 Å². The highest BCUT2D eigenvalue weighted by atomic mass is 16.5. The zero-order valence-electron chi connectivity index (χ0n) is 15.0. The molecule has 4 aromatic rings. The van der Waals surface area contributed by atoms with Gasteiger partial charge < -0.3 is 19.0 Å². The third-order valence-electron chi connectivity index (χ3n) is 4.21. The second kappa shape index (κ2) is 6.95. The highest BCUT2D eigenvalue weighted by molar-refractivity contribution is 5.93. The number of hydrogen-bond donors (Lipinski definition) is 1. The van der Waals surface area contributed by atoms with E-state index in [2.05, 4.69) is 15.5 Å². The minimum absolute atomic E-state index is 0.113. The summed E-state index contributed by atoms with van der Waals surface area (Å²) in [5, 5.41) is 11.9. The molecule has 4 rings (SSSR count). The SMILES string of the molecule is COc1cccc(NC(=O)Cn2c(-c3nnc(C)o3)cc3ccccc32)c1. The summed E-state index contributed by atoms with van der Waals surface area (Å²) in [6, 6.07) is 17.0. The van der Waals surface area contributed by atoms with Gasteiger partial charge in [-0.25, -0.2) is 0 Å². The Labute approximate surface area is 155 Å². The van der Waals surface area contributed by atoms with Crippen molar-refractivity contribution in [2.75, 3.05) is 12.4 Å². The summed E-state index contributed by atoms with van der Waals surface area (Å²) in [7, 11) is 1.59. The van der Waals surface area contributed by atoms with Gasteiger partial charge in [0.05, 0.1) is 7.11 Å². The van der Waals surface area contributed by atoms with Crippen LogP contribution in [-0.2, 0) is 11.3 Å². The number of ether oxygens (including phenoxy) is 1. The van der Waals surface area contributed by atoms with Crippen LogP contribution >= 0.6 is 0 Å². The summed E-state index contributed by atoms with van der Waals surface area (Å²) >= 11 is 0. The summed E-state index contributed by atoms with van der Waals surface area (Å²) < 4.78 is 12.6. The fourth-order valence-electron chi connectivity index (χ4n) is 3.00. The van der Waals surface area contributed by atoms with E-state index in [1.54, 1.807) is 20.1 Å². The number of carbonyl (C=O) groups is 1. The number of methoxy groups -OCH3 is 1. The van der Waals surface area contributed by atoms with Crippen molar-refractivity contribution < 1.29 is 13.9 Å². The Hall–Kier alpha value is -3.61. The van der Waals surface area contributed by atoms with Crippen molar-refractivity contribution in [1.82, 2.24) is 14.8 Å². The van der Waals surface area contributed by atoms with E-state index in [0.29, 0.717) is 28.9 Å². The van der Waals surface area contributed by atoms with E-state index in [1.807, 2.05) is 53.1 Å². The fraction of sp³-hybridized carbons (Fsp3) is 0.150. The quantitative estimate of drug-likeness (QED) is 0.586. The van der Waals surface area contributed by atoms with Crippen molar-refractivity contribution in [3.8, 4) is 17.3 Å². The minimum atomic E-state index is -0.165. The van der Waals surface area contributed by atoms with Gasteiger partial charge in [0.25, 0.3) is 5.89 Å². The van der Waals surface area contributed by atoms with Crippen molar-refractivity contribution in [3.05, 3.63) is 60.5 Å². The molecule has 0 aliphatic heterocycles. The number of para-hydroxylation sites is 1. The number of rotatable bonds is 5. The highest BCUT2D eigenvalue weighted by Crippen LogP contribution is 2.27. The number of nitrogens with one attached hydrogen (secondary N) is 1. The molecule has 7 heteroatoms. The van der Waals surface area contributed by atoms with Crippen molar-refractivity contribution in [1.29, 1.82) is 0 Å². The van der Waals surface area contributed by atoms with E-state index < -0.39 is 0 Å². The molecule has 0 fully saturated rings. The molecule has 1 amide bonds. The molecule has 27 heavy (non-hydrogen) atoms. The molecule has 0 saturated carbocycles. The largest absolute Gasteiger partial charge is 0.497 e. The van der Waals surface area contributed by atoms with Gasteiger partial charge in [-0.15, -0.1) is 10.2 Å². The van der Waals surface area contributed by atoms with Crippen molar-refractivity contribution >= 4 is 22.5 Å². The molecule has 0 bridgehead atoms. The Morgan fingerprint density at radius 2 is 2.00 bits per heavy atom. The lowest BCUT2D eigenvalue weighted by atomic mass is 10.2. The lowest BCUT2D eigenvalue weighted by Crippen LogP contribution is -2.19. The molecule has 0 radical (unpaired) electrons. The van der Waals surface area contributed by atoms with E-state index in [0.717, 1.165) is 10.9 Å². The minimum Gasteiger partial charge on any atom is -0.497 e. The third-order valence-corrected chi connectivity index (χ3v) is 4.21. The Bertz CT molecular complexity index is 1110. The Morgan fingerprint density at radius 1 is 1.15 bits per heavy atom. The van der Waals surface area contributed by atoms with E-state index in [1.165, 1.54) is 0 Å². The molecule has 136 valence electrons. The number of hydrogen-bond acceptors (Lipinski definition) is 5. The molecule has 0 unspecified atom stereocenters. The average Bonchev–Trinajstić information content (AvgIpc) is 3.26. The van der Waals surface area contributed by atoms with Gasteiger partial charge in [-0.2, -0.15) is 0 Å². The van der Waals surface area contributed by atoms with Gasteiger partial charge in [0.15, 0.2) is 0 Å². The van der Waals surface area contributed by atoms with E-state index in [-0.39, 0.29) is 12.5 Å². The van der Waals surface area contributed by atoms with E-state index in [9.17, 15) is 4.79 Å². The van der Waals surface area contributed by atoms with Gasteiger partial charge in [0, 0.05) is 29.6 Å². The van der Waals surface area contributed by atoms with Gasteiger partial charge in [-0.3, -0.25) is 4.79 Å². The fourth-order valence-corrected chi connectivity index (χ4v) is 3.00. The van der Waals surface area contributed by atoms with Crippen LogP contribution in [0.3, 0.4) is 0 Å². The Morgan fingerprint density at radius 3 is 2.78 bits per heavy atom. The number of aryl methyl sites for hydroxylation is 1. The predicted octanol–water partition coefficient (Wildman–Crippen LogP) is 3.65. The van der Waals surface area contributed by atoms with Crippen molar-refractivity contribution in [2.45, 2.75) is 13.5 Å². The first-order valence-electron chi connectivity index (χ1n) is 8.47. The summed E-state index contributed by atoms with van der Waals surface area (Å²) in [6.07, 6.45) is 0. The lowest BCUT2D eigenvalue weighted by Gasteiger charge is -2.10. The molecule has 1 N–H and O–H groups in total. The zero-order valence-corrected chi connectivity index (χ0v) is 15.0. The van der Waals surface area contributed by atoms with Crippen LogP contribution in [0.15, 0.2) is 59.0 Å². The maximum absolute atomic E-state index is 12.7. The first-order chi connectivity index (χ1) is 13.1.